The molecule has 7 heteroatoms. The Morgan fingerprint density at radius 2 is 1.80 bits per heavy atom. The molecule has 0 unspecified atom stereocenters. The van der Waals surface area contributed by atoms with Gasteiger partial charge in [-0.25, -0.2) is 4.79 Å². The fourth-order valence-electron chi connectivity index (χ4n) is 2.07. The van der Waals surface area contributed by atoms with Gasteiger partial charge in [-0.2, -0.15) is 0 Å². The van der Waals surface area contributed by atoms with E-state index in [1.807, 2.05) is 12.1 Å². The SMILES string of the molecule is O=C(O)Cc1ccc(NC(=O)NCCCOc2ccccc2Cl)cc1. The number of amides is 2. The lowest BCUT2D eigenvalue weighted by Crippen LogP contribution is -2.30. The van der Waals surface area contributed by atoms with Crippen LogP contribution in [0.15, 0.2) is 48.5 Å². The summed E-state index contributed by atoms with van der Waals surface area (Å²) in [7, 11) is 0. The molecule has 0 aliphatic carbocycles. The Balaban J connectivity index is 1.65. The zero-order chi connectivity index (χ0) is 18.1. The van der Waals surface area contributed by atoms with E-state index in [0.29, 0.717) is 41.6 Å². The number of hydrogen-bond donors (Lipinski definition) is 3. The Kier molecular flexibility index (Phi) is 7.10. The molecule has 0 aromatic heterocycles. The summed E-state index contributed by atoms with van der Waals surface area (Å²) < 4.78 is 5.53. The van der Waals surface area contributed by atoms with E-state index in [2.05, 4.69) is 10.6 Å². The maximum Gasteiger partial charge on any atom is 0.319 e. The highest BCUT2D eigenvalue weighted by Gasteiger charge is 2.04. The van der Waals surface area contributed by atoms with Crippen molar-refractivity contribution in [1.82, 2.24) is 5.32 Å². The standard InChI is InChI=1S/C18H19ClN2O4/c19-15-4-1-2-5-16(15)25-11-3-10-20-18(24)21-14-8-6-13(7-9-14)12-17(22)23/h1-2,4-9H,3,10-12H2,(H,22,23)(H2,20,21,24). The fourth-order valence-corrected chi connectivity index (χ4v) is 2.26. The van der Waals surface area contributed by atoms with E-state index in [-0.39, 0.29) is 12.5 Å². The third-order valence-corrected chi connectivity index (χ3v) is 3.58. The second kappa shape index (κ2) is 9.54. The summed E-state index contributed by atoms with van der Waals surface area (Å²) in [6.45, 7) is 0.890. The third kappa shape index (κ3) is 6.73. The number of ether oxygens (including phenoxy) is 1. The number of urea groups is 1. The topological polar surface area (TPSA) is 87.7 Å². The summed E-state index contributed by atoms with van der Waals surface area (Å²) in [4.78, 5) is 22.4. The van der Waals surface area contributed by atoms with Gasteiger partial charge in [-0.3, -0.25) is 4.79 Å². The monoisotopic (exact) mass is 362 g/mol. The first kappa shape index (κ1) is 18.6. The summed E-state index contributed by atoms with van der Waals surface area (Å²) in [5.74, 6) is -0.271. The van der Waals surface area contributed by atoms with Crippen molar-refractivity contribution in [3.63, 3.8) is 0 Å². The smallest absolute Gasteiger partial charge is 0.319 e. The average Bonchev–Trinajstić information content (AvgIpc) is 2.57. The number of anilines is 1. The molecule has 2 rings (SSSR count). The summed E-state index contributed by atoms with van der Waals surface area (Å²) in [5, 5.41) is 14.7. The first-order valence-corrected chi connectivity index (χ1v) is 8.15. The van der Waals surface area contributed by atoms with Crippen molar-refractivity contribution in [3.8, 4) is 5.75 Å². The van der Waals surface area contributed by atoms with Gasteiger partial charge in [0.1, 0.15) is 5.75 Å². The molecule has 3 N–H and O–H groups in total. The van der Waals surface area contributed by atoms with E-state index in [0.717, 1.165) is 0 Å². The van der Waals surface area contributed by atoms with Crippen LogP contribution < -0.4 is 15.4 Å². The van der Waals surface area contributed by atoms with Crippen molar-refractivity contribution >= 4 is 29.3 Å². The quantitative estimate of drug-likeness (QED) is 0.626. The lowest BCUT2D eigenvalue weighted by molar-refractivity contribution is -0.136. The number of carbonyl (C=O) groups excluding carboxylic acids is 1. The molecule has 0 aliphatic rings. The molecule has 0 saturated heterocycles. The molecule has 25 heavy (non-hydrogen) atoms. The van der Waals surface area contributed by atoms with Gasteiger partial charge < -0.3 is 20.5 Å². The summed E-state index contributed by atoms with van der Waals surface area (Å²) in [5.41, 5.74) is 1.27. The second-order valence-corrected chi connectivity index (χ2v) is 5.69. The van der Waals surface area contributed by atoms with Crippen LogP contribution in [0.4, 0.5) is 10.5 Å². The van der Waals surface area contributed by atoms with Gasteiger partial charge in [0.25, 0.3) is 0 Å². The second-order valence-electron chi connectivity index (χ2n) is 5.28. The lowest BCUT2D eigenvalue weighted by atomic mass is 10.1. The van der Waals surface area contributed by atoms with Crippen LogP contribution in [0.3, 0.4) is 0 Å². The van der Waals surface area contributed by atoms with Gasteiger partial charge >= 0.3 is 12.0 Å². The number of rotatable bonds is 8. The molecule has 0 aliphatic heterocycles. The van der Waals surface area contributed by atoms with Gasteiger partial charge in [-0.15, -0.1) is 0 Å². The molecule has 6 nitrogen and oxygen atoms in total. The van der Waals surface area contributed by atoms with Crippen LogP contribution in [-0.2, 0) is 11.2 Å². The number of para-hydroxylation sites is 1. The van der Waals surface area contributed by atoms with E-state index < -0.39 is 5.97 Å². The van der Waals surface area contributed by atoms with Crippen LogP contribution in [0.2, 0.25) is 5.02 Å². The Morgan fingerprint density at radius 1 is 1.08 bits per heavy atom. The molecule has 0 bridgehead atoms. The summed E-state index contributed by atoms with van der Waals surface area (Å²) in [6, 6.07) is 13.5. The van der Waals surface area contributed by atoms with E-state index in [4.69, 9.17) is 21.4 Å². The lowest BCUT2D eigenvalue weighted by Gasteiger charge is -2.10. The zero-order valence-corrected chi connectivity index (χ0v) is 14.3. The molecule has 2 aromatic carbocycles. The molecule has 132 valence electrons. The molecule has 0 spiro atoms. The van der Waals surface area contributed by atoms with Crippen molar-refractivity contribution in [2.75, 3.05) is 18.5 Å². The number of carboxylic acid groups (broad SMARTS) is 1. The van der Waals surface area contributed by atoms with E-state index in [1.54, 1.807) is 36.4 Å². The average molecular weight is 363 g/mol. The highest BCUT2D eigenvalue weighted by molar-refractivity contribution is 6.32. The third-order valence-electron chi connectivity index (χ3n) is 3.27. The maximum atomic E-state index is 11.8. The van der Waals surface area contributed by atoms with Gasteiger partial charge in [-0.05, 0) is 36.2 Å². The van der Waals surface area contributed by atoms with E-state index >= 15 is 0 Å². The molecule has 0 radical (unpaired) electrons. The van der Waals surface area contributed by atoms with Crippen LogP contribution in [0.1, 0.15) is 12.0 Å². The number of carbonyl (C=O) groups is 2. The highest BCUT2D eigenvalue weighted by atomic mass is 35.5. The minimum Gasteiger partial charge on any atom is -0.492 e. The Labute approximate surface area is 150 Å². The highest BCUT2D eigenvalue weighted by Crippen LogP contribution is 2.22. The number of hydrogen-bond acceptors (Lipinski definition) is 3. The van der Waals surface area contributed by atoms with E-state index in [9.17, 15) is 9.59 Å². The van der Waals surface area contributed by atoms with Gasteiger partial charge in [-0.1, -0.05) is 35.9 Å². The molecular weight excluding hydrogens is 344 g/mol. The summed E-state index contributed by atoms with van der Waals surface area (Å²) in [6.07, 6.45) is 0.591. The number of carboxylic acids is 1. The predicted octanol–water partition coefficient (Wildman–Crippen LogP) is 3.56. The molecule has 0 saturated carbocycles. The normalized spacial score (nSPS) is 10.1. The number of aliphatic carboxylic acids is 1. The molecule has 2 amide bonds. The Hall–Kier alpha value is -2.73. The van der Waals surface area contributed by atoms with Crippen molar-refractivity contribution in [2.45, 2.75) is 12.8 Å². The summed E-state index contributed by atoms with van der Waals surface area (Å²) >= 11 is 5.98. The molecule has 0 fully saturated rings. The largest absolute Gasteiger partial charge is 0.492 e. The van der Waals surface area contributed by atoms with Crippen LogP contribution in [0.5, 0.6) is 5.75 Å². The molecular formula is C18H19ClN2O4. The van der Waals surface area contributed by atoms with Crippen LogP contribution >= 0.6 is 11.6 Å². The molecule has 0 atom stereocenters. The minimum absolute atomic E-state index is 0.0437. The first-order valence-electron chi connectivity index (χ1n) is 7.77. The minimum atomic E-state index is -0.891. The van der Waals surface area contributed by atoms with Crippen molar-refractivity contribution in [2.24, 2.45) is 0 Å². The molecule has 0 heterocycles. The van der Waals surface area contributed by atoms with Gasteiger partial charge in [0.05, 0.1) is 18.1 Å². The fraction of sp³-hybridized carbons (Fsp3) is 0.222. The van der Waals surface area contributed by atoms with E-state index in [1.165, 1.54) is 0 Å². The maximum absolute atomic E-state index is 11.8. The Morgan fingerprint density at radius 3 is 2.48 bits per heavy atom. The van der Waals surface area contributed by atoms with Crippen molar-refractivity contribution in [1.29, 1.82) is 0 Å². The number of nitrogens with one attached hydrogen (secondary N) is 2. The van der Waals surface area contributed by atoms with Crippen molar-refractivity contribution < 1.29 is 19.4 Å². The van der Waals surface area contributed by atoms with Crippen LogP contribution in [-0.4, -0.2) is 30.3 Å². The van der Waals surface area contributed by atoms with Crippen LogP contribution in [0, 0.1) is 0 Å². The zero-order valence-electron chi connectivity index (χ0n) is 13.5. The Bertz CT molecular complexity index is 719. The van der Waals surface area contributed by atoms with Gasteiger partial charge in [0.15, 0.2) is 0 Å². The number of benzene rings is 2. The molecule has 2 aromatic rings. The van der Waals surface area contributed by atoms with Gasteiger partial charge in [0, 0.05) is 12.2 Å². The van der Waals surface area contributed by atoms with Gasteiger partial charge in [0.2, 0.25) is 0 Å². The van der Waals surface area contributed by atoms with Crippen molar-refractivity contribution in [3.05, 3.63) is 59.1 Å². The number of halogens is 1. The first-order chi connectivity index (χ1) is 12.0. The predicted molar refractivity (Wildman–Crippen MR) is 96.4 cm³/mol. The van der Waals surface area contributed by atoms with Crippen LogP contribution in [0.25, 0.3) is 0 Å².